The molecule has 1 saturated carbocycles. The lowest BCUT2D eigenvalue weighted by Gasteiger charge is -2.34. The van der Waals surface area contributed by atoms with Crippen molar-refractivity contribution in [2.75, 3.05) is 51.6 Å². The molecule has 3 aromatic carbocycles. The normalized spacial score (nSPS) is 19.0. The van der Waals surface area contributed by atoms with Crippen molar-refractivity contribution in [3.63, 3.8) is 0 Å². The first kappa shape index (κ1) is 36.1. The number of phenolic OH excluding ortho intramolecular Hbond substituents is 1. The third-order valence-corrected chi connectivity index (χ3v) is 10.4. The summed E-state index contributed by atoms with van der Waals surface area (Å²) >= 11 is 0. The average Bonchev–Trinajstić information content (AvgIpc) is 3.15. The minimum atomic E-state index is -0.795. The Bertz CT molecular complexity index is 1830. The molecule has 51 heavy (non-hydrogen) atoms. The third-order valence-electron chi connectivity index (χ3n) is 10.4. The zero-order valence-corrected chi connectivity index (χ0v) is 29.2. The van der Waals surface area contributed by atoms with Crippen LogP contribution in [0.25, 0.3) is 22.0 Å². The van der Waals surface area contributed by atoms with Crippen LogP contribution in [0.15, 0.2) is 83.7 Å². The van der Waals surface area contributed by atoms with Crippen molar-refractivity contribution in [2.45, 2.75) is 50.7 Å². The number of nitrogens with zero attached hydrogens (tertiary/aromatic N) is 2. The quantitative estimate of drug-likeness (QED) is 0.131. The minimum absolute atomic E-state index is 0.0287. The van der Waals surface area contributed by atoms with E-state index in [2.05, 4.69) is 20.5 Å². The summed E-state index contributed by atoms with van der Waals surface area (Å²) in [5.41, 5.74) is 3.36. The number of nitrogens with one attached hydrogen (secondary N) is 3. The number of anilines is 1. The van der Waals surface area contributed by atoms with Gasteiger partial charge in [0.2, 0.25) is 11.5 Å². The number of likely N-dealkylation sites (tertiary alicyclic amines) is 1. The number of rotatable bonds is 12. The molecule has 11 heteroatoms. The number of aromatic hydroxyl groups is 1. The Kier molecular flexibility index (Phi) is 12.0. The Morgan fingerprint density at radius 1 is 0.941 bits per heavy atom. The lowest BCUT2D eigenvalue weighted by molar-refractivity contribution is -0.135. The molecule has 0 spiro atoms. The summed E-state index contributed by atoms with van der Waals surface area (Å²) in [5.74, 6) is 0.648. The van der Waals surface area contributed by atoms with Gasteiger partial charge in [0.05, 0.1) is 17.3 Å². The molecule has 1 saturated heterocycles. The molecule has 4 aromatic rings. The molecule has 2 heterocycles. The van der Waals surface area contributed by atoms with Crippen molar-refractivity contribution in [3.05, 3.63) is 94.8 Å². The lowest BCUT2D eigenvalue weighted by atomic mass is 9.81. The summed E-state index contributed by atoms with van der Waals surface area (Å²) < 4.78 is 5.79. The summed E-state index contributed by atoms with van der Waals surface area (Å²) in [6, 6.07) is 23.9. The number of aromatic amines is 1. The molecule has 0 bridgehead atoms. The van der Waals surface area contributed by atoms with E-state index in [0.29, 0.717) is 35.5 Å². The number of para-hydroxylation sites is 1. The average molecular weight is 696 g/mol. The maximum Gasteiger partial charge on any atom is 0.411 e. The molecular formula is C40H49N5O6. The smallest absolute Gasteiger partial charge is 0.411 e. The largest absolute Gasteiger partial charge is 0.506 e. The van der Waals surface area contributed by atoms with Gasteiger partial charge in [-0.25, -0.2) is 4.79 Å². The number of aromatic nitrogens is 1. The number of aliphatic hydroxyl groups is 1. The first-order chi connectivity index (χ1) is 24.7. The van der Waals surface area contributed by atoms with Crippen molar-refractivity contribution in [3.8, 4) is 16.9 Å². The van der Waals surface area contributed by atoms with E-state index in [0.717, 1.165) is 81.5 Å². The SMILES string of the molecule is CN(CCN1CCC(OC(=O)Nc2ccccc2-c2ccccc2)CC1)C(=O)C1CCC(CNC[C@H](O)c2ccc(O)c3[nH]c(=O)ccc23)CC1. The molecule has 2 aliphatic rings. The van der Waals surface area contributed by atoms with Gasteiger partial charge in [0.25, 0.3) is 0 Å². The van der Waals surface area contributed by atoms with Crippen molar-refractivity contribution >= 4 is 28.6 Å². The molecule has 0 unspecified atom stereocenters. The maximum atomic E-state index is 13.3. The van der Waals surface area contributed by atoms with Gasteiger partial charge in [-0.2, -0.15) is 0 Å². The number of pyridine rings is 1. The van der Waals surface area contributed by atoms with E-state index in [1.807, 2.05) is 66.5 Å². The fourth-order valence-electron chi connectivity index (χ4n) is 7.41. The topological polar surface area (TPSA) is 147 Å². The van der Waals surface area contributed by atoms with E-state index < -0.39 is 12.2 Å². The number of phenols is 1. The highest BCUT2D eigenvalue weighted by atomic mass is 16.6. The van der Waals surface area contributed by atoms with Crippen LogP contribution in [-0.4, -0.2) is 89.4 Å². The van der Waals surface area contributed by atoms with Crippen LogP contribution >= 0.6 is 0 Å². The number of H-pyrrole nitrogens is 1. The number of likely N-dealkylation sites (N-methyl/N-ethyl adjacent to an activating group) is 1. The van der Waals surface area contributed by atoms with Crippen LogP contribution in [0.5, 0.6) is 5.75 Å². The van der Waals surface area contributed by atoms with Gasteiger partial charge in [-0.1, -0.05) is 54.6 Å². The van der Waals surface area contributed by atoms with E-state index in [9.17, 15) is 24.6 Å². The van der Waals surface area contributed by atoms with Gasteiger partial charge < -0.3 is 35.1 Å². The van der Waals surface area contributed by atoms with E-state index in [1.165, 1.54) is 12.1 Å². The molecule has 1 atom stereocenters. The molecule has 0 radical (unpaired) electrons. The van der Waals surface area contributed by atoms with Crippen LogP contribution in [0, 0.1) is 11.8 Å². The number of carbonyl (C=O) groups is 2. The zero-order chi connectivity index (χ0) is 35.7. The maximum absolute atomic E-state index is 13.3. The second kappa shape index (κ2) is 17.0. The van der Waals surface area contributed by atoms with Crippen LogP contribution in [0.4, 0.5) is 10.5 Å². The Morgan fingerprint density at radius 2 is 1.67 bits per heavy atom. The van der Waals surface area contributed by atoms with Gasteiger partial charge >= 0.3 is 6.09 Å². The summed E-state index contributed by atoms with van der Waals surface area (Å²) in [6.07, 6.45) is 3.76. The van der Waals surface area contributed by atoms with E-state index in [4.69, 9.17) is 4.74 Å². The second-order valence-corrected chi connectivity index (χ2v) is 13.9. The Hall–Kier alpha value is -4.71. The molecule has 2 amide bonds. The molecule has 2 fully saturated rings. The number of carbonyl (C=O) groups excluding carboxylic acids is 2. The van der Waals surface area contributed by atoms with Crippen molar-refractivity contribution in [1.29, 1.82) is 0 Å². The van der Waals surface area contributed by atoms with Crippen LogP contribution in [0.1, 0.15) is 50.2 Å². The number of fused-ring (bicyclic) bond motifs is 1. The van der Waals surface area contributed by atoms with Crippen LogP contribution in [0.2, 0.25) is 0 Å². The number of hydrogen-bond acceptors (Lipinski definition) is 8. The first-order valence-electron chi connectivity index (χ1n) is 18.1. The fraction of sp³-hybridized carbons (Fsp3) is 0.425. The van der Waals surface area contributed by atoms with Gasteiger partial charge in [0, 0.05) is 62.7 Å². The number of aliphatic hydroxyl groups excluding tert-OH is 1. The third kappa shape index (κ3) is 9.35. The standard InChI is InChI=1S/C40H49N5O6/c1-44(23-24-45-21-19-30(20-22-45)51-40(50)42-34-10-6-5-9-31(34)28-7-3-2-4-8-28)39(49)29-13-11-27(12-14-29)25-41-26-36(47)32-15-17-35(46)38-33(32)16-18-37(48)43-38/h2-10,15-18,27,29-30,36,41,46-47H,11-14,19-26H2,1H3,(H,42,50)(H,43,48)/t27?,29?,36-/m0/s1. The van der Waals surface area contributed by atoms with E-state index in [-0.39, 0.29) is 29.2 Å². The Morgan fingerprint density at radius 3 is 2.43 bits per heavy atom. The molecule has 270 valence electrons. The number of amides is 2. The summed E-state index contributed by atoms with van der Waals surface area (Å²) in [6.45, 7) is 4.19. The van der Waals surface area contributed by atoms with E-state index in [1.54, 1.807) is 12.1 Å². The Balaban J connectivity index is 0.864. The summed E-state index contributed by atoms with van der Waals surface area (Å²) in [7, 11) is 1.90. The lowest BCUT2D eigenvalue weighted by Crippen LogP contribution is -2.44. The van der Waals surface area contributed by atoms with Crippen LogP contribution in [0.3, 0.4) is 0 Å². The highest BCUT2D eigenvalue weighted by Gasteiger charge is 2.29. The van der Waals surface area contributed by atoms with Crippen LogP contribution in [-0.2, 0) is 9.53 Å². The highest BCUT2D eigenvalue weighted by molar-refractivity contribution is 5.91. The number of benzene rings is 3. The van der Waals surface area contributed by atoms with Gasteiger partial charge in [-0.05, 0) is 80.3 Å². The molecule has 1 aliphatic heterocycles. The number of piperidine rings is 1. The molecule has 11 nitrogen and oxygen atoms in total. The molecular weight excluding hydrogens is 646 g/mol. The summed E-state index contributed by atoms with van der Waals surface area (Å²) in [4.78, 5) is 44.6. The predicted molar refractivity (Wildman–Crippen MR) is 199 cm³/mol. The minimum Gasteiger partial charge on any atom is -0.506 e. The van der Waals surface area contributed by atoms with Crippen LogP contribution < -0.4 is 16.2 Å². The Labute approximate surface area is 298 Å². The number of ether oxygens (including phenoxy) is 1. The fourth-order valence-corrected chi connectivity index (χ4v) is 7.41. The molecule has 1 aliphatic carbocycles. The molecule has 5 N–H and O–H groups in total. The monoisotopic (exact) mass is 695 g/mol. The van der Waals surface area contributed by atoms with Crippen molar-refractivity contribution in [2.24, 2.45) is 11.8 Å². The number of hydrogen-bond donors (Lipinski definition) is 5. The van der Waals surface area contributed by atoms with Crippen molar-refractivity contribution < 1.29 is 24.5 Å². The predicted octanol–water partition coefficient (Wildman–Crippen LogP) is 5.50. The summed E-state index contributed by atoms with van der Waals surface area (Å²) in [5, 5.41) is 27.9. The molecule has 6 rings (SSSR count). The van der Waals surface area contributed by atoms with Crippen molar-refractivity contribution in [1.82, 2.24) is 20.1 Å². The second-order valence-electron chi connectivity index (χ2n) is 13.9. The zero-order valence-electron chi connectivity index (χ0n) is 29.2. The van der Waals surface area contributed by atoms with Gasteiger partial charge in [0.15, 0.2) is 0 Å². The first-order valence-corrected chi connectivity index (χ1v) is 18.1. The van der Waals surface area contributed by atoms with Gasteiger partial charge in [-0.3, -0.25) is 14.9 Å². The van der Waals surface area contributed by atoms with Gasteiger partial charge in [0.1, 0.15) is 11.9 Å². The van der Waals surface area contributed by atoms with E-state index >= 15 is 0 Å². The molecule has 1 aromatic heterocycles. The van der Waals surface area contributed by atoms with Gasteiger partial charge in [-0.15, -0.1) is 0 Å². The highest BCUT2D eigenvalue weighted by Crippen LogP contribution is 2.31.